The van der Waals surface area contributed by atoms with Gasteiger partial charge in [-0.25, -0.2) is 0 Å². The minimum atomic E-state index is -0.785. The highest BCUT2D eigenvalue weighted by Gasteiger charge is 2.27. The molecule has 0 unspecified atom stereocenters. The number of esters is 2. The molecule has 4 nitrogen and oxygen atoms in total. The molecule has 0 aromatic heterocycles. The first-order valence-corrected chi connectivity index (χ1v) is 5.01. The molecule has 0 saturated heterocycles. The number of hydrogen-bond donors (Lipinski definition) is 0. The zero-order valence-electron chi connectivity index (χ0n) is 7.71. The van der Waals surface area contributed by atoms with Gasteiger partial charge in [0.25, 0.3) is 0 Å². The molecule has 0 aliphatic heterocycles. The second-order valence-corrected chi connectivity index (χ2v) is 3.22. The largest absolute Gasteiger partial charge is 0.468 e. The Morgan fingerprint density at radius 3 is 2.00 bits per heavy atom. The number of alkyl halides is 1. The average Bonchev–Trinajstić information content (AvgIpc) is 2.17. The lowest BCUT2D eigenvalue weighted by molar-refractivity contribution is -0.159. The van der Waals surface area contributed by atoms with Gasteiger partial charge >= 0.3 is 11.9 Å². The number of rotatable bonds is 5. The molecule has 0 N–H and O–H groups in total. The molecular formula is C8H13BrO4. The monoisotopic (exact) mass is 252 g/mol. The molecule has 0 amide bonds. The fraction of sp³-hybridized carbons (Fsp3) is 0.750. The minimum Gasteiger partial charge on any atom is -0.468 e. The summed E-state index contributed by atoms with van der Waals surface area (Å²) in [4.78, 5) is 22.2. The molecular weight excluding hydrogens is 240 g/mol. The predicted molar refractivity (Wildman–Crippen MR) is 50.6 cm³/mol. The first-order valence-electron chi connectivity index (χ1n) is 3.89. The van der Waals surface area contributed by atoms with Gasteiger partial charge in [-0.2, -0.15) is 0 Å². The summed E-state index contributed by atoms with van der Waals surface area (Å²) >= 11 is 3.22. The highest BCUT2D eigenvalue weighted by Crippen LogP contribution is 2.11. The maximum atomic E-state index is 11.1. The highest BCUT2D eigenvalue weighted by atomic mass is 79.9. The lowest BCUT2D eigenvalue weighted by Crippen LogP contribution is -2.26. The van der Waals surface area contributed by atoms with Gasteiger partial charge in [0.1, 0.15) is 0 Å². The van der Waals surface area contributed by atoms with Gasteiger partial charge in [0.2, 0.25) is 0 Å². The Morgan fingerprint density at radius 1 is 1.23 bits per heavy atom. The van der Waals surface area contributed by atoms with Crippen molar-refractivity contribution in [1.29, 1.82) is 0 Å². The van der Waals surface area contributed by atoms with Gasteiger partial charge in [-0.3, -0.25) is 9.59 Å². The molecule has 0 radical (unpaired) electrons. The van der Waals surface area contributed by atoms with Crippen LogP contribution in [0.5, 0.6) is 0 Å². The van der Waals surface area contributed by atoms with Crippen LogP contribution in [-0.4, -0.2) is 31.5 Å². The molecule has 0 bridgehead atoms. The second kappa shape index (κ2) is 6.88. The third kappa shape index (κ3) is 4.26. The van der Waals surface area contributed by atoms with Crippen LogP contribution in [-0.2, 0) is 19.1 Å². The van der Waals surface area contributed by atoms with Gasteiger partial charge in [-0.1, -0.05) is 15.9 Å². The highest BCUT2D eigenvalue weighted by molar-refractivity contribution is 9.09. The summed E-state index contributed by atoms with van der Waals surface area (Å²) in [5, 5.41) is 0.748. The maximum absolute atomic E-state index is 11.1. The van der Waals surface area contributed by atoms with Gasteiger partial charge in [0.05, 0.1) is 14.2 Å². The van der Waals surface area contributed by atoms with Crippen LogP contribution in [0.4, 0.5) is 0 Å². The lowest BCUT2D eigenvalue weighted by Gasteiger charge is -2.10. The van der Waals surface area contributed by atoms with Gasteiger partial charge < -0.3 is 9.47 Å². The zero-order chi connectivity index (χ0) is 10.3. The molecule has 0 spiro atoms. The number of hydrogen-bond acceptors (Lipinski definition) is 4. The van der Waals surface area contributed by atoms with Crippen molar-refractivity contribution in [2.75, 3.05) is 19.5 Å². The Bertz CT molecular complexity index is 165. The molecule has 0 aliphatic carbocycles. The first-order chi connectivity index (χ1) is 6.17. The van der Waals surface area contributed by atoms with E-state index in [4.69, 9.17) is 0 Å². The summed E-state index contributed by atoms with van der Waals surface area (Å²) < 4.78 is 8.95. The summed E-state index contributed by atoms with van der Waals surface area (Å²) in [6, 6.07) is 0. The first kappa shape index (κ1) is 12.4. The fourth-order valence-electron chi connectivity index (χ4n) is 0.898. The van der Waals surface area contributed by atoms with E-state index in [-0.39, 0.29) is 0 Å². The van der Waals surface area contributed by atoms with Crippen molar-refractivity contribution in [2.24, 2.45) is 5.92 Å². The van der Waals surface area contributed by atoms with Crippen molar-refractivity contribution >= 4 is 27.9 Å². The van der Waals surface area contributed by atoms with Crippen LogP contribution in [0.2, 0.25) is 0 Å². The molecule has 0 rings (SSSR count). The lowest BCUT2D eigenvalue weighted by atomic mass is 10.0. The van der Waals surface area contributed by atoms with Crippen molar-refractivity contribution in [2.45, 2.75) is 12.8 Å². The van der Waals surface area contributed by atoms with Crippen LogP contribution < -0.4 is 0 Å². The molecule has 13 heavy (non-hydrogen) atoms. The smallest absolute Gasteiger partial charge is 0.320 e. The molecule has 5 heteroatoms. The third-order valence-electron chi connectivity index (χ3n) is 1.60. The molecule has 0 aliphatic rings. The van der Waals surface area contributed by atoms with Crippen molar-refractivity contribution in [3.8, 4) is 0 Å². The van der Waals surface area contributed by atoms with E-state index >= 15 is 0 Å². The number of methoxy groups -OCH3 is 2. The zero-order valence-corrected chi connectivity index (χ0v) is 9.30. The normalized spacial score (nSPS) is 9.85. The van der Waals surface area contributed by atoms with E-state index in [1.54, 1.807) is 0 Å². The standard InChI is InChI=1S/C8H13BrO4/c1-12-7(10)6(4-3-5-9)8(11)13-2/h6H,3-5H2,1-2H3. The summed E-state index contributed by atoms with van der Waals surface area (Å²) in [7, 11) is 2.51. The molecule has 76 valence electrons. The fourth-order valence-corrected chi connectivity index (χ4v) is 1.22. The van der Waals surface area contributed by atoms with E-state index < -0.39 is 17.9 Å². The molecule has 0 saturated carbocycles. The van der Waals surface area contributed by atoms with Gasteiger partial charge in [0.15, 0.2) is 5.92 Å². The van der Waals surface area contributed by atoms with E-state index in [1.165, 1.54) is 14.2 Å². The topological polar surface area (TPSA) is 52.6 Å². The van der Waals surface area contributed by atoms with Crippen LogP contribution in [0, 0.1) is 5.92 Å². The Hall–Kier alpha value is -0.580. The number of carbonyl (C=O) groups is 2. The Morgan fingerprint density at radius 2 is 1.69 bits per heavy atom. The number of halogens is 1. The van der Waals surface area contributed by atoms with Crippen LogP contribution >= 0.6 is 15.9 Å². The van der Waals surface area contributed by atoms with E-state index in [9.17, 15) is 9.59 Å². The summed E-state index contributed by atoms with van der Waals surface area (Å²) in [5.41, 5.74) is 0. The molecule has 0 atom stereocenters. The van der Waals surface area contributed by atoms with Gasteiger partial charge in [0, 0.05) is 5.33 Å². The summed E-state index contributed by atoms with van der Waals surface area (Å²) in [6.07, 6.45) is 1.18. The average molecular weight is 253 g/mol. The SMILES string of the molecule is COC(=O)C(CCCBr)C(=O)OC. The Kier molecular flexibility index (Phi) is 6.58. The summed E-state index contributed by atoms with van der Waals surface area (Å²) in [5.74, 6) is -1.85. The Labute approximate surface area is 85.7 Å². The van der Waals surface area contributed by atoms with E-state index in [0.29, 0.717) is 6.42 Å². The van der Waals surface area contributed by atoms with Crippen LogP contribution in [0.15, 0.2) is 0 Å². The van der Waals surface area contributed by atoms with E-state index in [0.717, 1.165) is 11.8 Å². The minimum absolute atomic E-state index is 0.449. The van der Waals surface area contributed by atoms with Gasteiger partial charge in [-0.05, 0) is 12.8 Å². The van der Waals surface area contributed by atoms with Crippen molar-refractivity contribution in [3.63, 3.8) is 0 Å². The number of ether oxygens (including phenoxy) is 2. The van der Waals surface area contributed by atoms with E-state index in [2.05, 4.69) is 25.4 Å². The second-order valence-electron chi connectivity index (χ2n) is 2.43. The predicted octanol–water partition coefficient (Wildman–Crippen LogP) is 1.12. The van der Waals surface area contributed by atoms with Crippen LogP contribution in [0.25, 0.3) is 0 Å². The maximum Gasteiger partial charge on any atom is 0.320 e. The molecule has 0 aromatic rings. The molecule has 0 heterocycles. The van der Waals surface area contributed by atoms with Crippen molar-refractivity contribution in [3.05, 3.63) is 0 Å². The van der Waals surface area contributed by atoms with Crippen LogP contribution in [0.3, 0.4) is 0 Å². The Balaban J connectivity index is 4.18. The number of carbonyl (C=O) groups excluding carboxylic acids is 2. The van der Waals surface area contributed by atoms with Crippen LogP contribution in [0.1, 0.15) is 12.8 Å². The third-order valence-corrected chi connectivity index (χ3v) is 2.16. The van der Waals surface area contributed by atoms with Gasteiger partial charge in [-0.15, -0.1) is 0 Å². The molecule has 0 aromatic carbocycles. The quantitative estimate of drug-likeness (QED) is 0.418. The molecule has 0 fully saturated rings. The van der Waals surface area contributed by atoms with Crippen molar-refractivity contribution in [1.82, 2.24) is 0 Å². The van der Waals surface area contributed by atoms with E-state index in [1.807, 2.05) is 0 Å². The van der Waals surface area contributed by atoms with Crippen molar-refractivity contribution < 1.29 is 19.1 Å². The summed E-state index contributed by atoms with van der Waals surface area (Å²) in [6.45, 7) is 0.